The van der Waals surface area contributed by atoms with Crippen LogP contribution in [0.3, 0.4) is 0 Å². The molecule has 2 N–H and O–H groups in total. The van der Waals surface area contributed by atoms with Crippen molar-refractivity contribution in [1.29, 1.82) is 0 Å². The van der Waals surface area contributed by atoms with E-state index in [4.69, 9.17) is 5.73 Å². The van der Waals surface area contributed by atoms with Gasteiger partial charge < -0.3 is 15.5 Å². The van der Waals surface area contributed by atoms with Gasteiger partial charge in [0.25, 0.3) is 5.91 Å². The summed E-state index contributed by atoms with van der Waals surface area (Å²) in [4.78, 5) is 38.1. The minimum Gasteiger partial charge on any atom is -0.366 e. The molecule has 3 amide bonds. The molecular formula is C14H17N3O3. The van der Waals surface area contributed by atoms with Crippen LogP contribution in [0.4, 0.5) is 0 Å². The van der Waals surface area contributed by atoms with E-state index in [1.807, 2.05) is 0 Å². The highest BCUT2D eigenvalue weighted by Crippen LogP contribution is 2.20. The fourth-order valence-corrected chi connectivity index (χ4v) is 2.15. The Labute approximate surface area is 117 Å². The van der Waals surface area contributed by atoms with Gasteiger partial charge in [0.05, 0.1) is 0 Å². The van der Waals surface area contributed by atoms with E-state index in [1.54, 1.807) is 26.2 Å². The summed E-state index contributed by atoms with van der Waals surface area (Å²) >= 11 is 0. The van der Waals surface area contributed by atoms with Gasteiger partial charge in [-0.15, -0.1) is 0 Å². The summed E-state index contributed by atoms with van der Waals surface area (Å²) in [5, 5.41) is 0. The molecule has 0 atom stereocenters. The predicted molar refractivity (Wildman–Crippen MR) is 73.3 cm³/mol. The number of benzene rings is 1. The summed E-state index contributed by atoms with van der Waals surface area (Å²) in [6, 6.07) is 4.79. The van der Waals surface area contributed by atoms with Crippen molar-refractivity contribution in [2.45, 2.75) is 6.42 Å². The van der Waals surface area contributed by atoms with Crippen LogP contribution in [0.2, 0.25) is 0 Å². The van der Waals surface area contributed by atoms with Crippen molar-refractivity contribution >= 4 is 17.7 Å². The van der Waals surface area contributed by atoms with E-state index < -0.39 is 5.91 Å². The standard InChI is InChI=1S/C14H17N3O3/c1-16(2)12(18)8-17-6-5-9-7-10(13(15)19)3-4-11(9)14(17)20/h3-4,7H,5-6,8H2,1-2H3,(H2,15,19). The Balaban J connectivity index is 2.22. The highest BCUT2D eigenvalue weighted by atomic mass is 16.2. The SMILES string of the molecule is CN(C)C(=O)CN1CCc2cc(C(N)=O)ccc2C1=O. The Morgan fingerprint density at radius 3 is 2.65 bits per heavy atom. The Hall–Kier alpha value is -2.37. The lowest BCUT2D eigenvalue weighted by molar-refractivity contribution is -0.129. The van der Waals surface area contributed by atoms with Gasteiger partial charge in [-0.2, -0.15) is 0 Å². The third-order valence-corrected chi connectivity index (χ3v) is 3.38. The van der Waals surface area contributed by atoms with Crippen molar-refractivity contribution in [2.75, 3.05) is 27.2 Å². The van der Waals surface area contributed by atoms with E-state index in [-0.39, 0.29) is 18.4 Å². The predicted octanol–water partition coefficient (Wildman–Crippen LogP) is -0.128. The quantitative estimate of drug-likeness (QED) is 0.834. The molecule has 6 heteroatoms. The second-order valence-corrected chi connectivity index (χ2v) is 5.00. The number of carbonyl (C=O) groups excluding carboxylic acids is 3. The third kappa shape index (κ3) is 2.64. The normalized spacial score (nSPS) is 13.9. The molecule has 0 saturated heterocycles. The minimum atomic E-state index is -0.509. The number of carbonyl (C=O) groups is 3. The van der Waals surface area contributed by atoms with Gasteiger partial charge in [-0.1, -0.05) is 0 Å². The summed E-state index contributed by atoms with van der Waals surface area (Å²) in [6.07, 6.45) is 0.614. The number of nitrogens with two attached hydrogens (primary N) is 1. The maximum absolute atomic E-state index is 12.3. The van der Waals surface area contributed by atoms with Gasteiger partial charge in [0, 0.05) is 31.8 Å². The van der Waals surface area contributed by atoms with Crippen molar-refractivity contribution in [1.82, 2.24) is 9.80 Å². The number of rotatable bonds is 3. The van der Waals surface area contributed by atoms with Gasteiger partial charge in [-0.05, 0) is 30.2 Å². The van der Waals surface area contributed by atoms with Crippen molar-refractivity contribution in [3.63, 3.8) is 0 Å². The van der Waals surface area contributed by atoms with E-state index >= 15 is 0 Å². The first-order valence-electron chi connectivity index (χ1n) is 6.32. The van der Waals surface area contributed by atoms with Crippen LogP contribution in [0.1, 0.15) is 26.3 Å². The first-order valence-corrected chi connectivity index (χ1v) is 6.32. The zero-order valence-electron chi connectivity index (χ0n) is 11.5. The van der Waals surface area contributed by atoms with Crippen molar-refractivity contribution in [3.8, 4) is 0 Å². The highest BCUT2D eigenvalue weighted by molar-refractivity contribution is 6.00. The number of likely N-dealkylation sites (N-methyl/N-ethyl adjacent to an activating group) is 1. The third-order valence-electron chi connectivity index (χ3n) is 3.38. The molecule has 2 rings (SSSR count). The smallest absolute Gasteiger partial charge is 0.254 e. The highest BCUT2D eigenvalue weighted by Gasteiger charge is 2.26. The maximum Gasteiger partial charge on any atom is 0.254 e. The topological polar surface area (TPSA) is 83.7 Å². The van der Waals surface area contributed by atoms with Crippen LogP contribution >= 0.6 is 0 Å². The molecule has 1 aliphatic rings. The zero-order chi connectivity index (χ0) is 14.9. The molecular weight excluding hydrogens is 258 g/mol. The summed E-state index contributed by atoms with van der Waals surface area (Å²) in [7, 11) is 3.31. The van der Waals surface area contributed by atoms with Crippen LogP contribution in [-0.4, -0.2) is 54.7 Å². The van der Waals surface area contributed by atoms with Gasteiger partial charge in [0.1, 0.15) is 6.54 Å². The van der Waals surface area contributed by atoms with E-state index in [0.717, 1.165) is 5.56 Å². The molecule has 1 aromatic rings. The average Bonchev–Trinajstić information content (AvgIpc) is 2.41. The lowest BCUT2D eigenvalue weighted by Crippen LogP contribution is -2.44. The van der Waals surface area contributed by atoms with E-state index in [1.165, 1.54) is 15.9 Å². The van der Waals surface area contributed by atoms with Crippen molar-refractivity contribution in [2.24, 2.45) is 5.73 Å². The van der Waals surface area contributed by atoms with Crippen LogP contribution in [0.25, 0.3) is 0 Å². The second kappa shape index (κ2) is 5.32. The van der Waals surface area contributed by atoms with E-state index in [0.29, 0.717) is 24.1 Å². The Bertz CT molecular complexity index is 581. The Kier molecular flexibility index (Phi) is 3.74. The van der Waals surface area contributed by atoms with Gasteiger partial charge >= 0.3 is 0 Å². The minimum absolute atomic E-state index is 0.0723. The molecule has 0 aliphatic carbocycles. The largest absolute Gasteiger partial charge is 0.366 e. The van der Waals surface area contributed by atoms with Gasteiger partial charge in [0.2, 0.25) is 11.8 Å². The summed E-state index contributed by atoms with van der Waals surface area (Å²) < 4.78 is 0. The Morgan fingerprint density at radius 2 is 2.05 bits per heavy atom. The van der Waals surface area contributed by atoms with Crippen molar-refractivity contribution < 1.29 is 14.4 Å². The summed E-state index contributed by atoms with van der Waals surface area (Å²) in [5.74, 6) is -0.807. The number of fused-ring (bicyclic) bond motifs is 1. The molecule has 6 nitrogen and oxygen atoms in total. The fraction of sp³-hybridized carbons (Fsp3) is 0.357. The number of primary amides is 1. The van der Waals surface area contributed by atoms with Gasteiger partial charge in [0.15, 0.2) is 0 Å². The molecule has 0 spiro atoms. The van der Waals surface area contributed by atoms with Crippen LogP contribution in [-0.2, 0) is 11.2 Å². The second-order valence-electron chi connectivity index (χ2n) is 5.00. The number of hydrogen-bond acceptors (Lipinski definition) is 3. The fourth-order valence-electron chi connectivity index (χ4n) is 2.15. The van der Waals surface area contributed by atoms with Crippen LogP contribution < -0.4 is 5.73 Å². The van der Waals surface area contributed by atoms with Crippen LogP contribution in [0.15, 0.2) is 18.2 Å². The molecule has 0 saturated carbocycles. The van der Waals surface area contributed by atoms with E-state index in [9.17, 15) is 14.4 Å². The molecule has 0 bridgehead atoms. The first-order chi connectivity index (χ1) is 9.40. The molecule has 1 aromatic carbocycles. The van der Waals surface area contributed by atoms with Crippen LogP contribution in [0, 0.1) is 0 Å². The van der Waals surface area contributed by atoms with E-state index in [2.05, 4.69) is 0 Å². The monoisotopic (exact) mass is 275 g/mol. The molecule has 0 unspecified atom stereocenters. The zero-order valence-corrected chi connectivity index (χ0v) is 11.5. The van der Waals surface area contributed by atoms with Crippen LogP contribution in [0.5, 0.6) is 0 Å². The average molecular weight is 275 g/mol. The molecule has 106 valence electrons. The van der Waals surface area contributed by atoms with Gasteiger partial charge in [-0.3, -0.25) is 14.4 Å². The molecule has 0 aromatic heterocycles. The lowest BCUT2D eigenvalue weighted by atomic mass is 9.96. The van der Waals surface area contributed by atoms with Gasteiger partial charge in [-0.25, -0.2) is 0 Å². The number of hydrogen-bond donors (Lipinski definition) is 1. The lowest BCUT2D eigenvalue weighted by Gasteiger charge is -2.29. The molecule has 1 heterocycles. The molecule has 1 aliphatic heterocycles. The molecule has 0 radical (unpaired) electrons. The molecule has 0 fully saturated rings. The number of nitrogens with zero attached hydrogens (tertiary/aromatic N) is 2. The molecule has 20 heavy (non-hydrogen) atoms. The first kappa shape index (κ1) is 14.0. The van der Waals surface area contributed by atoms with Crippen molar-refractivity contribution in [3.05, 3.63) is 34.9 Å². The summed E-state index contributed by atoms with van der Waals surface area (Å²) in [6.45, 7) is 0.538. The maximum atomic E-state index is 12.3. The Morgan fingerprint density at radius 1 is 1.35 bits per heavy atom. The summed E-state index contributed by atoms with van der Waals surface area (Å²) in [5.41, 5.74) is 6.96. The number of amides is 3.